The normalized spacial score (nSPS) is 11.8. The standard InChI is InChI=1S/C37H44N2O6/c1-3-5-7-9-11-21-33(40)44-26-23-24-31(32(25-26)45-34(41)22-12-10-8-6-4-2)36(42)39-37(43)38-35-29-19-15-13-17-27(29)28-18-14-16-20-30(28)35/h13-20,23-25,35H,3-12,21-22H2,1-2H3,(H2,38,39,42,43). The smallest absolute Gasteiger partial charge is 0.322 e. The van der Waals surface area contributed by atoms with Gasteiger partial charge < -0.3 is 14.8 Å². The van der Waals surface area contributed by atoms with E-state index in [-0.39, 0.29) is 29.9 Å². The highest BCUT2D eigenvalue weighted by Gasteiger charge is 2.30. The van der Waals surface area contributed by atoms with Crippen LogP contribution in [0.4, 0.5) is 4.79 Å². The third kappa shape index (κ3) is 9.51. The molecule has 45 heavy (non-hydrogen) atoms. The van der Waals surface area contributed by atoms with Crippen LogP contribution in [0.1, 0.15) is 118 Å². The van der Waals surface area contributed by atoms with E-state index in [1.807, 2.05) is 48.5 Å². The average Bonchev–Trinajstić information content (AvgIpc) is 3.34. The molecule has 4 rings (SSSR count). The number of hydrogen-bond donors (Lipinski definition) is 2. The molecule has 0 saturated heterocycles. The number of nitrogens with one attached hydrogen (secondary N) is 2. The molecule has 0 unspecified atom stereocenters. The van der Waals surface area contributed by atoms with Crippen LogP contribution in [0.5, 0.6) is 11.5 Å². The first-order valence-electron chi connectivity index (χ1n) is 16.3. The van der Waals surface area contributed by atoms with E-state index in [1.54, 1.807) is 0 Å². The fourth-order valence-corrected chi connectivity index (χ4v) is 5.59. The van der Waals surface area contributed by atoms with Gasteiger partial charge in [0.25, 0.3) is 5.91 Å². The van der Waals surface area contributed by atoms with Crippen LogP contribution in [-0.2, 0) is 9.59 Å². The van der Waals surface area contributed by atoms with Crippen molar-refractivity contribution in [3.05, 3.63) is 83.4 Å². The number of carbonyl (C=O) groups excluding carboxylic acids is 4. The van der Waals surface area contributed by atoms with E-state index < -0.39 is 29.9 Å². The number of esters is 2. The van der Waals surface area contributed by atoms with Gasteiger partial charge in [-0.15, -0.1) is 0 Å². The Kier molecular flexibility index (Phi) is 12.7. The SMILES string of the molecule is CCCCCCCC(=O)Oc1ccc(C(=O)NC(=O)NC2c3ccccc3-c3ccccc32)c(OC(=O)CCCCCCC)c1. The monoisotopic (exact) mass is 612 g/mol. The second-order valence-electron chi connectivity index (χ2n) is 11.5. The molecule has 3 amide bonds. The molecule has 1 aliphatic carbocycles. The fraction of sp³-hybridized carbons (Fsp3) is 0.405. The van der Waals surface area contributed by atoms with Crippen LogP contribution in [0.25, 0.3) is 11.1 Å². The maximum absolute atomic E-state index is 13.3. The number of imide groups is 1. The molecule has 0 aliphatic heterocycles. The molecule has 0 atom stereocenters. The van der Waals surface area contributed by atoms with Crippen LogP contribution in [0.3, 0.4) is 0 Å². The summed E-state index contributed by atoms with van der Waals surface area (Å²) in [5, 5.41) is 5.30. The lowest BCUT2D eigenvalue weighted by Gasteiger charge is -2.17. The highest BCUT2D eigenvalue weighted by molar-refractivity contribution is 6.06. The molecule has 2 N–H and O–H groups in total. The van der Waals surface area contributed by atoms with Crippen LogP contribution in [0.15, 0.2) is 66.7 Å². The van der Waals surface area contributed by atoms with Gasteiger partial charge in [0.05, 0.1) is 11.6 Å². The molecule has 3 aromatic rings. The molecule has 238 valence electrons. The first kappa shape index (κ1) is 33.4. The zero-order valence-corrected chi connectivity index (χ0v) is 26.4. The summed E-state index contributed by atoms with van der Waals surface area (Å²) < 4.78 is 11.1. The Morgan fingerprint density at radius 2 is 1.18 bits per heavy atom. The van der Waals surface area contributed by atoms with E-state index in [2.05, 4.69) is 24.5 Å². The Labute approximate surface area is 265 Å². The molecule has 0 radical (unpaired) electrons. The van der Waals surface area contributed by atoms with Crippen molar-refractivity contribution < 1.29 is 28.7 Å². The van der Waals surface area contributed by atoms with Crippen LogP contribution in [0, 0.1) is 0 Å². The number of urea groups is 1. The Morgan fingerprint density at radius 3 is 1.76 bits per heavy atom. The van der Waals surface area contributed by atoms with E-state index in [9.17, 15) is 19.2 Å². The number of hydrogen-bond acceptors (Lipinski definition) is 6. The van der Waals surface area contributed by atoms with Gasteiger partial charge in [0, 0.05) is 18.9 Å². The van der Waals surface area contributed by atoms with Gasteiger partial charge in [0.2, 0.25) is 0 Å². The van der Waals surface area contributed by atoms with Gasteiger partial charge in [-0.3, -0.25) is 19.7 Å². The topological polar surface area (TPSA) is 111 Å². The van der Waals surface area contributed by atoms with E-state index in [4.69, 9.17) is 9.47 Å². The van der Waals surface area contributed by atoms with Crippen LogP contribution < -0.4 is 20.1 Å². The second kappa shape index (κ2) is 17.1. The molecule has 0 aromatic heterocycles. The van der Waals surface area contributed by atoms with E-state index in [1.165, 1.54) is 18.2 Å². The van der Waals surface area contributed by atoms with Crippen LogP contribution >= 0.6 is 0 Å². The number of rotatable bonds is 16. The second-order valence-corrected chi connectivity index (χ2v) is 11.5. The largest absolute Gasteiger partial charge is 0.426 e. The number of ether oxygens (including phenoxy) is 2. The molecular formula is C37H44N2O6. The quantitative estimate of drug-likeness (QED) is 0.0954. The van der Waals surface area contributed by atoms with E-state index in [0.717, 1.165) is 80.0 Å². The molecule has 1 aliphatic rings. The molecule has 0 saturated carbocycles. The first-order valence-corrected chi connectivity index (χ1v) is 16.3. The van der Waals surface area contributed by atoms with Gasteiger partial charge in [0.1, 0.15) is 11.5 Å². The molecule has 3 aromatic carbocycles. The van der Waals surface area contributed by atoms with Gasteiger partial charge in [-0.2, -0.15) is 0 Å². The number of unbranched alkanes of at least 4 members (excludes halogenated alkanes) is 8. The predicted octanol–water partition coefficient (Wildman–Crippen LogP) is 8.43. The number of benzene rings is 3. The number of carbonyl (C=O) groups is 4. The number of amides is 3. The summed E-state index contributed by atoms with van der Waals surface area (Å²) in [6.45, 7) is 4.26. The van der Waals surface area contributed by atoms with Gasteiger partial charge >= 0.3 is 18.0 Å². The summed E-state index contributed by atoms with van der Waals surface area (Å²) >= 11 is 0. The lowest BCUT2D eigenvalue weighted by molar-refractivity contribution is -0.135. The highest BCUT2D eigenvalue weighted by atomic mass is 16.5. The Bertz CT molecular complexity index is 1440. The Hall–Kier alpha value is -4.46. The Morgan fingerprint density at radius 1 is 0.644 bits per heavy atom. The van der Waals surface area contributed by atoms with Gasteiger partial charge in [-0.25, -0.2) is 4.79 Å². The molecule has 0 heterocycles. The maximum atomic E-state index is 13.3. The minimum atomic E-state index is -0.744. The van der Waals surface area contributed by atoms with Crippen LogP contribution in [0.2, 0.25) is 0 Å². The summed E-state index contributed by atoms with van der Waals surface area (Å²) in [6, 6.07) is 18.7. The summed E-state index contributed by atoms with van der Waals surface area (Å²) in [7, 11) is 0. The fourth-order valence-electron chi connectivity index (χ4n) is 5.59. The van der Waals surface area contributed by atoms with Crippen molar-refractivity contribution in [2.75, 3.05) is 0 Å². The number of fused-ring (bicyclic) bond motifs is 3. The van der Waals surface area contributed by atoms with Gasteiger partial charge in [0.15, 0.2) is 0 Å². The van der Waals surface area contributed by atoms with Gasteiger partial charge in [-0.1, -0.05) is 114 Å². The average molecular weight is 613 g/mol. The minimum absolute atomic E-state index is 0.0175. The zero-order chi connectivity index (χ0) is 32.0. The van der Waals surface area contributed by atoms with Crippen molar-refractivity contribution >= 4 is 23.9 Å². The Balaban J connectivity index is 1.44. The molecule has 0 spiro atoms. The zero-order valence-electron chi connectivity index (χ0n) is 26.4. The van der Waals surface area contributed by atoms with Crippen LogP contribution in [-0.4, -0.2) is 23.9 Å². The lowest BCUT2D eigenvalue weighted by atomic mass is 10.1. The minimum Gasteiger partial charge on any atom is -0.426 e. The first-order chi connectivity index (χ1) is 21.9. The summed E-state index contributed by atoms with van der Waals surface area (Å²) in [4.78, 5) is 51.6. The van der Waals surface area contributed by atoms with Gasteiger partial charge in [-0.05, 0) is 47.2 Å². The lowest BCUT2D eigenvalue weighted by Crippen LogP contribution is -2.41. The van der Waals surface area contributed by atoms with E-state index in [0.29, 0.717) is 6.42 Å². The molecule has 8 heteroatoms. The van der Waals surface area contributed by atoms with Crippen molar-refractivity contribution in [1.29, 1.82) is 0 Å². The third-order valence-corrected chi connectivity index (χ3v) is 7.96. The molecule has 8 nitrogen and oxygen atoms in total. The third-order valence-electron chi connectivity index (χ3n) is 7.96. The van der Waals surface area contributed by atoms with Crippen molar-refractivity contribution in [3.8, 4) is 22.6 Å². The van der Waals surface area contributed by atoms with Crippen molar-refractivity contribution in [3.63, 3.8) is 0 Å². The summed E-state index contributed by atoms with van der Waals surface area (Å²) in [5.74, 6) is -1.54. The summed E-state index contributed by atoms with van der Waals surface area (Å²) in [5.41, 5.74) is 3.91. The van der Waals surface area contributed by atoms with Crippen molar-refractivity contribution in [1.82, 2.24) is 10.6 Å². The molecule has 0 fully saturated rings. The maximum Gasteiger partial charge on any atom is 0.322 e. The van der Waals surface area contributed by atoms with E-state index >= 15 is 0 Å². The van der Waals surface area contributed by atoms with Crippen molar-refractivity contribution in [2.45, 2.75) is 96.9 Å². The highest BCUT2D eigenvalue weighted by Crippen LogP contribution is 2.43. The predicted molar refractivity (Wildman–Crippen MR) is 174 cm³/mol. The summed E-state index contributed by atoms with van der Waals surface area (Å²) in [6.07, 6.45) is 10.3. The molecular weight excluding hydrogens is 568 g/mol. The van der Waals surface area contributed by atoms with Crippen molar-refractivity contribution in [2.24, 2.45) is 0 Å². The molecule has 0 bridgehead atoms.